The molecule has 2 saturated carbocycles. The predicted molar refractivity (Wildman–Crippen MR) is 74.7 cm³/mol. The van der Waals surface area contributed by atoms with Gasteiger partial charge in [0.15, 0.2) is 0 Å². The van der Waals surface area contributed by atoms with Crippen molar-refractivity contribution in [3.63, 3.8) is 0 Å². The summed E-state index contributed by atoms with van der Waals surface area (Å²) in [7, 11) is 1.90. The molecule has 0 radical (unpaired) electrons. The van der Waals surface area contributed by atoms with E-state index < -0.39 is 0 Å². The van der Waals surface area contributed by atoms with Gasteiger partial charge in [-0.2, -0.15) is 5.10 Å². The Hall–Kier alpha value is -1.12. The average Bonchev–Trinajstić information content (AvgIpc) is 2.83. The SMILES string of the molecule is Cn1ccc(CC(=O)C2CCC3CCCCC3C2)n1. The molecule has 1 heterocycles. The zero-order valence-corrected chi connectivity index (χ0v) is 11.8. The summed E-state index contributed by atoms with van der Waals surface area (Å²) in [4.78, 5) is 12.4. The van der Waals surface area contributed by atoms with Crippen molar-refractivity contribution in [3.8, 4) is 0 Å². The molecule has 2 aliphatic rings. The molecule has 1 aromatic heterocycles. The zero-order valence-electron chi connectivity index (χ0n) is 11.8. The normalized spacial score (nSPS) is 30.9. The molecule has 3 heteroatoms. The highest BCUT2D eigenvalue weighted by Crippen LogP contribution is 2.43. The van der Waals surface area contributed by atoms with Gasteiger partial charge in [0.05, 0.1) is 12.1 Å². The molecule has 0 saturated heterocycles. The smallest absolute Gasteiger partial charge is 0.141 e. The maximum Gasteiger partial charge on any atom is 0.141 e. The largest absolute Gasteiger partial charge is 0.299 e. The molecule has 0 aliphatic heterocycles. The number of hydrogen-bond acceptors (Lipinski definition) is 2. The Morgan fingerprint density at radius 3 is 2.79 bits per heavy atom. The van der Waals surface area contributed by atoms with Gasteiger partial charge >= 0.3 is 0 Å². The lowest BCUT2D eigenvalue weighted by Crippen LogP contribution is -2.31. The van der Waals surface area contributed by atoms with Gasteiger partial charge < -0.3 is 0 Å². The van der Waals surface area contributed by atoms with E-state index in [0.29, 0.717) is 18.1 Å². The van der Waals surface area contributed by atoms with Crippen LogP contribution in [0.5, 0.6) is 0 Å². The van der Waals surface area contributed by atoms with Crippen molar-refractivity contribution in [1.29, 1.82) is 0 Å². The van der Waals surface area contributed by atoms with Crippen LogP contribution in [0.15, 0.2) is 12.3 Å². The predicted octanol–water partition coefficient (Wildman–Crippen LogP) is 3.14. The second-order valence-corrected chi connectivity index (χ2v) is 6.44. The molecule has 0 N–H and O–H groups in total. The van der Waals surface area contributed by atoms with Crippen LogP contribution in [0.4, 0.5) is 0 Å². The number of fused-ring (bicyclic) bond motifs is 1. The summed E-state index contributed by atoms with van der Waals surface area (Å²) < 4.78 is 1.78. The fourth-order valence-corrected chi connectivity index (χ4v) is 4.05. The van der Waals surface area contributed by atoms with E-state index in [1.165, 1.54) is 32.1 Å². The number of rotatable bonds is 3. The van der Waals surface area contributed by atoms with Crippen molar-refractivity contribution in [2.24, 2.45) is 24.8 Å². The third kappa shape index (κ3) is 2.90. The van der Waals surface area contributed by atoms with E-state index in [9.17, 15) is 4.79 Å². The first-order valence-electron chi connectivity index (χ1n) is 7.73. The maximum atomic E-state index is 12.4. The van der Waals surface area contributed by atoms with Gasteiger partial charge in [-0.05, 0) is 37.2 Å². The lowest BCUT2D eigenvalue weighted by Gasteiger charge is -2.38. The number of carbonyl (C=O) groups is 1. The molecule has 3 unspecified atom stereocenters. The van der Waals surface area contributed by atoms with Crippen molar-refractivity contribution in [3.05, 3.63) is 18.0 Å². The minimum Gasteiger partial charge on any atom is -0.299 e. The number of nitrogens with zero attached hydrogens (tertiary/aromatic N) is 2. The number of ketones is 1. The Balaban J connectivity index is 1.58. The van der Waals surface area contributed by atoms with E-state index in [1.807, 2.05) is 19.3 Å². The first-order valence-corrected chi connectivity index (χ1v) is 7.73. The van der Waals surface area contributed by atoms with Crippen molar-refractivity contribution in [2.75, 3.05) is 0 Å². The van der Waals surface area contributed by atoms with Gasteiger partial charge in [0, 0.05) is 19.2 Å². The summed E-state index contributed by atoms with van der Waals surface area (Å²) in [6.45, 7) is 0. The minimum atomic E-state index is 0.307. The van der Waals surface area contributed by atoms with E-state index in [1.54, 1.807) is 4.68 Å². The summed E-state index contributed by atoms with van der Waals surface area (Å²) in [5.74, 6) is 2.48. The van der Waals surface area contributed by atoms with Gasteiger partial charge in [-0.3, -0.25) is 9.48 Å². The Bertz CT molecular complexity index is 451. The Morgan fingerprint density at radius 2 is 2.05 bits per heavy atom. The summed E-state index contributed by atoms with van der Waals surface area (Å²) in [5.41, 5.74) is 0.929. The van der Waals surface area contributed by atoms with Crippen LogP contribution >= 0.6 is 0 Å². The van der Waals surface area contributed by atoms with E-state index in [2.05, 4.69) is 5.10 Å². The summed E-state index contributed by atoms with van der Waals surface area (Å²) in [6, 6.07) is 1.96. The van der Waals surface area contributed by atoms with E-state index in [4.69, 9.17) is 0 Å². The maximum absolute atomic E-state index is 12.4. The van der Waals surface area contributed by atoms with E-state index in [-0.39, 0.29) is 0 Å². The summed E-state index contributed by atoms with van der Waals surface area (Å²) >= 11 is 0. The Kier molecular flexibility index (Phi) is 3.72. The van der Waals surface area contributed by atoms with Crippen LogP contribution in [-0.4, -0.2) is 15.6 Å². The van der Waals surface area contributed by atoms with Crippen LogP contribution in [-0.2, 0) is 18.3 Å². The highest BCUT2D eigenvalue weighted by atomic mass is 16.1. The molecule has 0 bridgehead atoms. The number of hydrogen-bond donors (Lipinski definition) is 0. The lowest BCUT2D eigenvalue weighted by molar-refractivity contribution is -0.124. The fourth-order valence-electron chi connectivity index (χ4n) is 4.05. The first-order chi connectivity index (χ1) is 9.22. The third-order valence-electron chi connectivity index (χ3n) is 5.12. The molecule has 19 heavy (non-hydrogen) atoms. The number of aromatic nitrogens is 2. The number of carbonyl (C=O) groups excluding carboxylic acids is 1. The Morgan fingerprint density at radius 1 is 1.26 bits per heavy atom. The highest BCUT2D eigenvalue weighted by molar-refractivity contribution is 5.83. The van der Waals surface area contributed by atoms with Gasteiger partial charge in [0.2, 0.25) is 0 Å². The van der Waals surface area contributed by atoms with Gasteiger partial charge in [-0.25, -0.2) is 0 Å². The van der Waals surface area contributed by atoms with E-state index in [0.717, 1.165) is 30.4 Å². The molecule has 0 amide bonds. The van der Waals surface area contributed by atoms with Gasteiger partial charge in [0.1, 0.15) is 5.78 Å². The fraction of sp³-hybridized carbons (Fsp3) is 0.750. The highest BCUT2D eigenvalue weighted by Gasteiger charge is 2.34. The molecule has 3 nitrogen and oxygen atoms in total. The number of aryl methyl sites for hydroxylation is 1. The third-order valence-corrected chi connectivity index (χ3v) is 5.12. The average molecular weight is 260 g/mol. The topological polar surface area (TPSA) is 34.9 Å². The first kappa shape index (κ1) is 12.9. The van der Waals surface area contributed by atoms with Crippen LogP contribution in [0.3, 0.4) is 0 Å². The molecule has 0 aromatic carbocycles. The molecule has 0 spiro atoms. The van der Waals surface area contributed by atoms with Gasteiger partial charge in [0.25, 0.3) is 0 Å². The van der Waals surface area contributed by atoms with Gasteiger partial charge in [-0.15, -0.1) is 0 Å². The van der Waals surface area contributed by atoms with Crippen molar-refractivity contribution in [1.82, 2.24) is 9.78 Å². The van der Waals surface area contributed by atoms with Crippen LogP contribution in [0.2, 0.25) is 0 Å². The standard InChI is InChI=1S/C16H24N2O/c1-18-9-8-15(17-18)11-16(19)14-7-6-12-4-2-3-5-13(12)10-14/h8-9,12-14H,2-7,10-11H2,1H3. The molecule has 3 atom stereocenters. The monoisotopic (exact) mass is 260 g/mol. The Labute approximate surface area is 115 Å². The van der Waals surface area contributed by atoms with Crippen molar-refractivity contribution < 1.29 is 4.79 Å². The molecule has 2 aliphatic carbocycles. The lowest BCUT2D eigenvalue weighted by atomic mass is 9.66. The zero-order chi connectivity index (χ0) is 13.2. The number of Topliss-reactive ketones (excluding diaryl/α,β-unsaturated/α-hetero) is 1. The molecule has 2 fully saturated rings. The minimum absolute atomic E-state index is 0.307. The van der Waals surface area contributed by atoms with Gasteiger partial charge in [-0.1, -0.05) is 25.7 Å². The van der Waals surface area contributed by atoms with Crippen LogP contribution in [0.25, 0.3) is 0 Å². The van der Waals surface area contributed by atoms with Crippen molar-refractivity contribution >= 4 is 5.78 Å². The molecule has 3 rings (SSSR count). The van der Waals surface area contributed by atoms with E-state index >= 15 is 0 Å². The van der Waals surface area contributed by atoms with Crippen LogP contribution in [0.1, 0.15) is 50.6 Å². The van der Waals surface area contributed by atoms with Crippen LogP contribution < -0.4 is 0 Å². The quantitative estimate of drug-likeness (QED) is 0.837. The molecular weight excluding hydrogens is 236 g/mol. The summed E-state index contributed by atoms with van der Waals surface area (Å²) in [5, 5.41) is 4.32. The van der Waals surface area contributed by atoms with Crippen LogP contribution in [0, 0.1) is 17.8 Å². The second-order valence-electron chi connectivity index (χ2n) is 6.44. The second kappa shape index (κ2) is 5.48. The molecule has 1 aromatic rings. The molecule has 104 valence electrons. The van der Waals surface area contributed by atoms with Crippen molar-refractivity contribution in [2.45, 2.75) is 51.4 Å². The summed E-state index contributed by atoms with van der Waals surface area (Å²) in [6.07, 6.45) is 11.6. The molecular formula is C16H24N2O.